The molecule has 4 nitrogen and oxygen atoms in total. The van der Waals surface area contributed by atoms with Crippen molar-refractivity contribution >= 4 is 11.6 Å². The van der Waals surface area contributed by atoms with Gasteiger partial charge in [-0.3, -0.25) is 9.63 Å². The molecule has 0 aliphatic heterocycles. The van der Waals surface area contributed by atoms with Crippen LogP contribution < -0.4 is 10.8 Å². The molecule has 76 valence electrons. The van der Waals surface area contributed by atoms with Gasteiger partial charge in [0.25, 0.3) is 0 Å². The van der Waals surface area contributed by atoms with Crippen LogP contribution in [-0.4, -0.2) is 20.1 Å². The van der Waals surface area contributed by atoms with Crippen LogP contribution in [0.3, 0.4) is 0 Å². The Balaban J connectivity index is 2.55. The maximum atomic E-state index is 11.1. The van der Waals surface area contributed by atoms with E-state index in [1.54, 1.807) is 0 Å². The minimum Gasteiger partial charge on any atom is -0.388 e. The Morgan fingerprint density at radius 1 is 1.36 bits per heavy atom. The number of hydroxylamine groups is 1. The number of anilines is 1. The number of rotatable bonds is 4. The molecule has 0 fully saturated rings. The zero-order valence-corrected chi connectivity index (χ0v) is 8.33. The minimum atomic E-state index is -0.148. The Labute approximate surface area is 83.2 Å². The molecule has 1 amide bonds. The fourth-order valence-corrected chi connectivity index (χ4v) is 1.12. The summed E-state index contributed by atoms with van der Waals surface area (Å²) < 4.78 is 0. The van der Waals surface area contributed by atoms with Crippen molar-refractivity contribution in [1.82, 2.24) is 5.48 Å². The lowest BCUT2D eigenvalue weighted by Crippen LogP contribution is -2.23. The molecule has 0 unspecified atom stereocenters. The van der Waals surface area contributed by atoms with Gasteiger partial charge in [0.2, 0.25) is 5.91 Å². The third-order valence-corrected chi connectivity index (χ3v) is 1.82. The van der Waals surface area contributed by atoms with Crippen molar-refractivity contribution in [3.8, 4) is 0 Å². The molecule has 0 saturated carbocycles. The van der Waals surface area contributed by atoms with Crippen LogP contribution in [0.2, 0.25) is 0 Å². The van der Waals surface area contributed by atoms with Crippen LogP contribution in [-0.2, 0) is 16.1 Å². The normalized spacial score (nSPS) is 9.57. The Morgan fingerprint density at radius 3 is 2.50 bits per heavy atom. The summed E-state index contributed by atoms with van der Waals surface area (Å²) >= 11 is 0. The predicted molar refractivity (Wildman–Crippen MR) is 54.8 cm³/mol. The maximum absolute atomic E-state index is 11.1. The van der Waals surface area contributed by atoms with Crippen molar-refractivity contribution in [2.45, 2.75) is 6.42 Å². The molecule has 0 spiro atoms. The lowest BCUT2D eigenvalue weighted by molar-refractivity contribution is -0.130. The molecule has 0 saturated heterocycles. The SMILES string of the molecule is CNc1ccc(CC(=O)NOC)cc1. The molecule has 1 aromatic carbocycles. The van der Waals surface area contributed by atoms with Crippen molar-refractivity contribution in [2.75, 3.05) is 19.5 Å². The topological polar surface area (TPSA) is 50.4 Å². The third-order valence-electron chi connectivity index (χ3n) is 1.82. The number of nitrogens with one attached hydrogen (secondary N) is 2. The van der Waals surface area contributed by atoms with Crippen LogP contribution in [0.15, 0.2) is 24.3 Å². The first-order valence-electron chi connectivity index (χ1n) is 4.34. The van der Waals surface area contributed by atoms with Crippen molar-refractivity contribution in [3.63, 3.8) is 0 Å². The van der Waals surface area contributed by atoms with Gasteiger partial charge in [-0.1, -0.05) is 12.1 Å². The molecule has 14 heavy (non-hydrogen) atoms. The van der Waals surface area contributed by atoms with Crippen molar-refractivity contribution in [1.29, 1.82) is 0 Å². The van der Waals surface area contributed by atoms with Crippen LogP contribution in [0.1, 0.15) is 5.56 Å². The molecular formula is C10H14N2O2. The van der Waals surface area contributed by atoms with Gasteiger partial charge in [0.15, 0.2) is 0 Å². The summed E-state index contributed by atoms with van der Waals surface area (Å²) in [7, 11) is 3.27. The van der Waals surface area contributed by atoms with E-state index in [1.165, 1.54) is 7.11 Å². The van der Waals surface area contributed by atoms with Gasteiger partial charge >= 0.3 is 0 Å². The number of amides is 1. The van der Waals surface area contributed by atoms with Crippen LogP contribution >= 0.6 is 0 Å². The highest BCUT2D eigenvalue weighted by molar-refractivity contribution is 5.77. The second-order valence-electron chi connectivity index (χ2n) is 2.85. The monoisotopic (exact) mass is 194 g/mol. The van der Waals surface area contributed by atoms with Crippen LogP contribution in [0.25, 0.3) is 0 Å². The zero-order chi connectivity index (χ0) is 10.4. The Hall–Kier alpha value is -1.55. The molecule has 4 heteroatoms. The first kappa shape index (κ1) is 10.5. The Bertz CT molecular complexity index is 295. The summed E-state index contributed by atoms with van der Waals surface area (Å²) in [5, 5.41) is 3.01. The summed E-state index contributed by atoms with van der Waals surface area (Å²) in [6.45, 7) is 0. The number of hydrogen-bond donors (Lipinski definition) is 2. The van der Waals surface area contributed by atoms with E-state index in [0.717, 1.165) is 11.3 Å². The van der Waals surface area contributed by atoms with E-state index >= 15 is 0 Å². The molecule has 1 aromatic rings. The number of hydrogen-bond acceptors (Lipinski definition) is 3. The van der Waals surface area contributed by atoms with Gasteiger partial charge < -0.3 is 5.32 Å². The molecule has 1 rings (SSSR count). The molecule has 0 aliphatic rings. The lowest BCUT2D eigenvalue weighted by atomic mass is 10.1. The third kappa shape index (κ3) is 3.06. The largest absolute Gasteiger partial charge is 0.388 e. The van der Waals surface area contributed by atoms with E-state index in [-0.39, 0.29) is 5.91 Å². The highest BCUT2D eigenvalue weighted by Crippen LogP contribution is 2.08. The van der Waals surface area contributed by atoms with Gasteiger partial charge in [0.1, 0.15) is 0 Å². The van der Waals surface area contributed by atoms with Crippen LogP contribution in [0.5, 0.6) is 0 Å². The second-order valence-corrected chi connectivity index (χ2v) is 2.85. The second kappa shape index (κ2) is 5.24. The van der Waals surface area contributed by atoms with Crippen molar-refractivity contribution in [2.24, 2.45) is 0 Å². The van der Waals surface area contributed by atoms with E-state index in [1.807, 2.05) is 31.3 Å². The fourth-order valence-electron chi connectivity index (χ4n) is 1.12. The molecule has 0 heterocycles. The molecule has 0 atom stereocenters. The van der Waals surface area contributed by atoms with E-state index in [4.69, 9.17) is 0 Å². The summed E-state index contributed by atoms with van der Waals surface area (Å²) in [6.07, 6.45) is 0.331. The Morgan fingerprint density at radius 2 is 2.00 bits per heavy atom. The van der Waals surface area contributed by atoms with Crippen molar-refractivity contribution in [3.05, 3.63) is 29.8 Å². The molecule has 2 N–H and O–H groups in total. The zero-order valence-electron chi connectivity index (χ0n) is 8.33. The van der Waals surface area contributed by atoms with Crippen LogP contribution in [0.4, 0.5) is 5.69 Å². The maximum Gasteiger partial charge on any atom is 0.247 e. The van der Waals surface area contributed by atoms with E-state index in [9.17, 15) is 4.79 Å². The van der Waals surface area contributed by atoms with Gasteiger partial charge in [-0.25, -0.2) is 5.48 Å². The smallest absolute Gasteiger partial charge is 0.247 e. The van der Waals surface area contributed by atoms with Crippen LogP contribution in [0, 0.1) is 0 Å². The van der Waals surface area contributed by atoms with E-state index < -0.39 is 0 Å². The fraction of sp³-hybridized carbons (Fsp3) is 0.300. The quantitative estimate of drug-likeness (QED) is 0.701. The van der Waals surface area contributed by atoms with E-state index in [2.05, 4.69) is 15.6 Å². The van der Waals surface area contributed by atoms with Gasteiger partial charge in [-0.05, 0) is 17.7 Å². The first-order chi connectivity index (χ1) is 6.76. The molecular weight excluding hydrogens is 180 g/mol. The van der Waals surface area contributed by atoms with Gasteiger partial charge in [-0.15, -0.1) is 0 Å². The number of carbonyl (C=O) groups excluding carboxylic acids is 1. The number of carbonyl (C=O) groups is 1. The molecule has 0 bridgehead atoms. The van der Waals surface area contributed by atoms with Gasteiger partial charge in [0.05, 0.1) is 13.5 Å². The summed E-state index contributed by atoms with van der Waals surface area (Å²) in [4.78, 5) is 15.6. The van der Waals surface area contributed by atoms with E-state index in [0.29, 0.717) is 6.42 Å². The van der Waals surface area contributed by atoms with Gasteiger partial charge in [-0.2, -0.15) is 0 Å². The molecule has 0 aromatic heterocycles. The lowest BCUT2D eigenvalue weighted by Gasteiger charge is -2.03. The average Bonchev–Trinajstić information content (AvgIpc) is 2.19. The average molecular weight is 194 g/mol. The highest BCUT2D eigenvalue weighted by atomic mass is 16.6. The molecule has 0 radical (unpaired) electrons. The Kier molecular flexibility index (Phi) is 3.94. The summed E-state index contributed by atoms with van der Waals surface area (Å²) in [5.41, 5.74) is 4.25. The predicted octanol–water partition coefficient (Wildman–Crippen LogP) is 0.948. The highest BCUT2D eigenvalue weighted by Gasteiger charge is 2.01. The minimum absolute atomic E-state index is 0.148. The standard InChI is InChI=1S/C10H14N2O2/c1-11-9-5-3-8(4-6-9)7-10(13)12-14-2/h3-6,11H,7H2,1-2H3,(H,12,13). The summed E-state index contributed by atoms with van der Waals surface area (Å²) in [6, 6.07) is 7.66. The number of benzene rings is 1. The first-order valence-corrected chi connectivity index (χ1v) is 4.34. The molecule has 0 aliphatic carbocycles. The van der Waals surface area contributed by atoms with Gasteiger partial charge in [0, 0.05) is 12.7 Å². The summed E-state index contributed by atoms with van der Waals surface area (Å²) in [5.74, 6) is -0.148. The van der Waals surface area contributed by atoms with Crippen molar-refractivity contribution < 1.29 is 9.63 Å².